The minimum absolute atomic E-state index is 0.0288. The predicted octanol–water partition coefficient (Wildman–Crippen LogP) is 5.57. The van der Waals surface area contributed by atoms with Crippen molar-refractivity contribution in [3.63, 3.8) is 0 Å². The van der Waals surface area contributed by atoms with E-state index in [-0.39, 0.29) is 11.4 Å². The lowest BCUT2D eigenvalue weighted by atomic mass is 9.88. The lowest BCUT2D eigenvalue weighted by Gasteiger charge is -2.40. The van der Waals surface area contributed by atoms with Gasteiger partial charge in [-0.25, -0.2) is 4.99 Å². The van der Waals surface area contributed by atoms with Gasteiger partial charge in [0.25, 0.3) is 5.91 Å². The Morgan fingerprint density at radius 1 is 1.16 bits per heavy atom. The molecule has 0 bridgehead atoms. The van der Waals surface area contributed by atoms with Crippen LogP contribution in [0.15, 0.2) is 64.5 Å². The molecule has 0 spiro atoms. The zero-order chi connectivity index (χ0) is 22.9. The molecule has 0 N–H and O–H groups in total. The van der Waals surface area contributed by atoms with Crippen molar-refractivity contribution in [1.82, 2.24) is 4.90 Å². The first-order chi connectivity index (χ1) is 15.3. The number of methoxy groups -OCH3 is 1. The molecule has 1 amide bonds. The molecular formula is C26H29N3O2S. The number of para-hydroxylation sites is 1. The van der Waals surface area contributed by atoms with Gasteiger partial charge in [0.2, 0.25) is 0 Å². The number of nitrogens with zero attached hydrogens (tertiary/aromatic N) is 3. The monoisotopic (exact) mass is 447 g/mol. The van der Waals surface area contributed by atoms with Crippen LogP contribution in [0, 0.1) is 0 Å². The normalized spacial score (nSPS) is 20.2. The Hall–Kier alpha value is -2.83. The number of ether oxygens (including phenoxy) is 1. The number of rotatable bonds is 5. The molecule has 2 aliphatic heterocycles. The van der Waals surface area contributed by atoms with Crippen LogP contribution in [0.25, 0.3) is 11.6 Å². The number of likely N-dealkylation sites (N-methyl/N-ethyl adjacent to an activating group) is 1. The second kappa shape index (κ2) is 8.96. The molecule has 0 atom stereocenters. The molecule has 0 unspecified atom stereocenters. The summed E-state index contributed by atoms with van der Waals surface area (Å²) in [5.41, 5.74) is 5.46. The Labute approximate surface area is 194 Å². The van der Waals surface area contributed by atoms with E-state index in [1.807, 2.05) is 36.4 Å². The third kappa shape index (κ3) is 4.38. The molecule has 2 aliphatic rings. The van der Waals surface area contributed by atoms with Crippen LogP contribution in [0.1, 0.15) is 31.9 Å². The quantitative estimate of drug-likeness (QED) is 0.562. The average Bonchev–Trinajstić information content (AvgIpc) is 3.05. The van der Waals surface area contributed by atoms with Crippen molar-refractivity contribution in [2.75, 3.05) is 32.2 Å². The Balaban J connectivity index is 1.68. The molecule has 5 nitrogen and oxygen atoms in total. The SMILES string of the molecule is COCCN1C(=O)/C(=C/c2ccc3c(c2)C(C)=CC(C)(C)N3C)SC1=Nc1ccccc1. The highest BCUT2D eigenvalue weighted by atomic mass is 32.2. The highest BCUT2D eigenvalue weighted by molar-refractivity contribution is 8.18. The van der Waals surface area contributed by atoms with Crippen LogP contribution in [0.2, 0.25) is 0 Å². The van der Waals surface area contributed by atoms with Crippen molar-refractivity contribution >= 4 is 45.9 Å². The molecule has 0 aromatic heterocycles. The lowest BCUT2D eigenvalue weighted by molar-refractivity contribution is -0.122. The van der Waals surface area contributed by atoms with Gasteiger partial charge >= 0.3 is 0 Å². The van der Waals surface area contributed by atoms with Gasteiger partial charge in [0.15, 0.2) is 5.17 Å². The molecule has 1 fully saturated rings. The van der Waals surface area contributed by atoms with Crippen molar-refractivity contribution in [3.8, 4) is 0 Å². The van der Waals surface area contributed by atoms with Crippen LogP contribution in [0.3, 0.4) is 0 Å². The van der Waals surface area contributed by atoms with Gasteiger partial charge < -0.3 is 9.64 Å². The third-order valence-corrected chi connectivity index (χ3v) is 6.93. The lowest BCUT2D eigenvalue weighted by Crippen LogP contribution is -2.42. The highest BCUT2D eigenvalue weighted by Gasteiger charge is 2.33. The summed E-state index contributed by atoms with van der Waals surface area (Å²) in [6.07, 6.45) is 4.26. The van der Waals surface area contributed by atoms with Gasteiger partial charge in [-0.2, -0.15) is 0 Å². The van der Waals surface area contributed by atoms with Crippen LogP contribution in [0.4, 0.5) is 11.4 Å². The van der Waals surface area contributed by atoms with Crippen LogP contribution in [0.5, 0.6) is 0 Å². The minimum atomic E-state index is -0.0371. The first kappa shape index (κ1) is 22.4. The molecule has 4 rings (SSSR count). The molecule has 2 aromatic rings. The Bertz CT molecular complexity index is 1120. The maximum atomic E-state index is 13.2. The number of amides is 1. The molecule has 1 saturated heterocycles. The molecule has 2 aromatic carbocycles. The van der Waals surface area contributed by atoms with E-state index in [2.05, 4.69) is 57.0 Å². The fourth-order valence-electron chi connectivity index (χ4n) is 4.00. The zero-order valence-corrected chi connectivity index (χ0v) is 20.1. The number of aliphatic imine (C=N–C) groups is 1. The minimum Gasteiger partial charge on any atom is -0.383 e. The molecule has 32 heavy (non-hydrogen) atoms. The summed E-state index contributed by atoms with van der Waals surface area (Å²) >= 11 is 1.41. The second-order valence-corrected chi connectivity index (χ2v) is 9.62. The van der Waals surface area contributed by atoms with Gasteiger partial charge in [-0.15, -0.1) is 0 Å². The van der Waals surface area contributed by atoms with Gasteiger partial charge in [-0.1, -0.05) is 30.3 Å². The maximum absolute atomic E-state index is 13.2. The number of amidine groups is 1. The van der Waals surface area contributed by atoms with Crippen LogP contribution in [-0.4, -0.2) is 48.8 Å². The summed E-state index contributed by atoms with van der Waals surface area (Å²) in [5, 5.41) is 0.681. The van der Waals surface area contributed by atoms with Gasteiger partial charge in [-0.05, 0) is 74.0 Å². The fourth-order valence-corrected chi connectivity index (χ4v) is 5.03. The van der Waals surface area contributed by atoms with Crippen molar-refractivity contribution < 1.29 is 9.53 Å². The van der Waals surface area contributed by atoms with Crippen molar-refractivity contribution in [2.24, 2.45) is 4.99 Å². The van der Waals surface area contributed by atoms with E-state index >= 15 is 0 Å². The maximum Gasteiger partial charge on any atom is 0.266 e. The van der Waals surface area contributed by atoms with E-state index in [9.17, 15) is 4.79 Å². The Kier molecular flexibility index (Phi) is 6.26. The molecule has 0 aliphatic carbocycles. The van der Waals surface area contributed by atoms with E-state index in [0.29, 0.717) is 23.2 Å². The zero-order valence-electron chi connectivity index (χ0n) is 19.3. The third-order valence-electron chi connectivity index (χ3n) is 5.93. The van der Waals surface area contributed by atoms with E-state index in [1.165, 1.54) is 28.6 Å². The summed E-state index contributed by atoms with van der Waals surface area (Å²) in [6, 6.07) is 16.1. The van der Waals surface area contributed by atoms with Gasteiger partial charge in [0.05, 0.1) is 29.3 Å². The smallest absolute Gasteiger partial charge is 0.266 e. The van der Waals surface area contributed by atoms with Crippen molar-refractivity contribution in [3.05, 3.63) is 70.6 Å². The van der Waals surface area contributed by atoms with E-state index in [4.69, 9.17) is 9.73 Å². The topological polar surface area (TPSA) is 45.1 Å². The molecule has 0 saturated carbocycles. The molecular weight excluding hydrogens is 418 g/mol. The number of hydrogen-bond acceptors (Lipinski definition) is 5. The van der Waals surface area contributed by atoms with E-state index in [0.717, 1.165) is 11.3 Å². The van der Waals surface area contributed by atoms with E-state index in [1.54, 1.807) is 12.0 Å². The highest BCUT2D eigenvalue weighted by Crippen LogP contribution is 2.39. The summed E-state index contributed by atoms with van der Waals surface area (Å²) in [4.78, 5) is 22.6. The van der Waals surface area contributed by atoms with Crippen molar-refractivity contribution in [1.29, 1.82) is 0 Å². The molecule has 0 radical (unpaired) electrons. The number of thioether (sulfide) groups is 1. The first-order valence-corrected chi connectivity index (χ1v) is 11.5. The van der Waals surface area contributed by atoms with Crippen LogP contribution in [-0.2, 0) is 9.53 Å². The van der Waals surface area contributed by atoms with Gasteiger partial charge in [0.1, 0.15) is 0 Å². The molecule has 6 heteroatoms. The summed E-state index contributed by atoms with van der Waals surface area (Å²) in [7, 11) is 3.76. The summed E-state index contributed by atoms with van der Waals surface area (Å²) < 4.78 is 5.22. The summed E-state index contributed by atoms with van der Waals surface area (Å²) in [6.45, 7) is 7.50. The van der Waals surface area contributed by atoms with Crippen molar-refractivity contribution in [2.45, 2.75) is 26.3 Å². The van der Waals surface area contributed by atoms with Gasteiger partial charge in [-0.3, -0.25) is 9.69 Å². The van der Waals surface area contributed by atoms with Crippen LogP contribution < -0.4 is 4.90 Å². The number of anilines is 1. The van der Waals surface area contributed by atoms with E-state index < -0.39 is 0 Å². The fraction of sp³-hybridized carbons (Fsp3) is 0.308. The summed E-state index contributed by atoms with van der Waals surface area (Å²) in [5.74, 6) is -0.0371. The Morgan fingerprint density at radius 3 is 2.62 bits per heavy atom. The molecule has 2 heterocycles. The van der Waals surface area contributed by atoms with Crippen LogP contribution >= 0.6 is 11.8 Å². The second-order valence-electron chi connectivity index (χ2n) is 8.61. The number of carbonyl (C=O) groups excluding carboxylic acids is 1. The predicted molar refractivity (Wildman–Crippen MR) is 135 cm³/mol. The Morgan fingerprint density at radius 2 is 1.91 bits per heavy atom. The van der Waals surface area contributed by atoms with Gasteiger partial charge in [0, 0.05) is 25.4 Å². The first-order valence-electron chi connectivity index (χ1n) is 10.7. The average molecular weight is 448 g/mol. The number of benzene rings is 2. The standard InChI is InChI=1S/C26H29N3O2S/c1-18-17-26(2,3)28(4)22-12-11-19(15-21(18)22)16-23-24(30)29(13-14-31-5)25(32-23)27-20-9-7-6-8-10-20/h6-12,15-17H,13-14H2,1-5H3/b23-16-,27-25?. The molecule has 166 valence electrons. The number of allylic oxidation sites excluding steroid dienone is 1. The largest absolute Gasteiger partial charge is 0.383 e. The number of hydrogen-bond donors (Lipinski definition) is 0. The number of fused-ring (bicyclic) bond motifs is 1. The number of carbonyl (C=O) groups is 1.